The number of nitrogens with zero attached hydrogens (tertiary/aromatic N) is 2. The fourth-order valence-electron chi connectivity index (χ4n) is 1.72. The molecule has 136 valence electrons. The SMILES string of the molecule is CCCNC(=O)CSc1nnc(SCCCSc2ccccc2Cl)s1. The summed E-state index contributed by atoms with van der Waals surface area (Å²) < 4.78 is 1.80. The number of hydrogen-bond acceptors (Lipinski definition) is 7. The summed E-state index contributed by atoms with van der Waals surface area (Å²) in [7, 11) is 0. The standard InChI is InChI=1S/C16H20ClN3OS4/c1-2-8-18-14(21)11-24-16-20-19-15(25-16)23-10-5-9-22-13-7-4-3-6-12(13)17/h3-4,6-7H,2,5,8-11H2,1H3,(H,18,21). The van der Waals surface area contributed by atoms with Crippen LogP contribution in [-0.4, -0.2) is 39.9 Å². The first-order valence-electron chi connectivity index (χ1n) is 7.92. The summed E-state index contributed by atoms with van der Waals surface area (Å²) in [5.41, 5.74) is 0. The van der Waals surface area contributed by atoms with Gasteiger partial charge < -0.3 is 5.32 Å². The van der Waals surface area contributed by atoms with E-state index in [1.54, 1.807) is 34.9 Å². The molecule has 0 spiro atoms. The van der Waals surface area contributed by atoms with Gasteiger partial charge in [-0.25, -0.2) is 0 Å². The quantitative estimate of drug-likeness (QED) is 0.393. The lowest BCUT2D eigenvalue weighted by molar-refractivity contribution is -0.118. The largest absolute Gasteiger partial charge is 0.355 e. The van der Waals surface area contributed by atoms with Crippen LogP contribution in [0.5, 0.6) is 0 Å². The van der Waals surface area contributed by atoms with Crippen molar-refractivity contribution in [2.45, 2.75) is 33.3 Å². The highest BCUT2D eigenvalue weighted by atomic mass is 35.5. The van der Waals surface area contributed by atoms with Crippen molar-refractivity contribution in [3.8, 4) is 0 Å². The summed E-state index contributed by atoms with van der Waals surface area (Å²) in [4.78, 5) is 12.7. The summed E-state index contributed by atoms with van der Waals surface area (Å²) in [6.45, 7) is 2.76. The molecule has 0 saturated heterocycles. The Morgan fingerprint density at radius 3 is 2.64 bits per heavy atom. The number of carbonyl (C=O) groups excluding carboxylic acids is 1. The number of hydrogen-bond donors (Lipinski definition) is 1. The Kier molecular flexibility index (Phi) is 10.1. The zero-order valence-electron chi connectivity index (χ0n) is 13.9. The van der Waals surface area contributed by atoms with Gasteiger partial charge in [0.2, 0.25) is 5.91 Å². The summed E-state index contributed by atoms with van der Waals surface area (Å²) in [5.74, 6) is 2.46. The second-order valence-electron chi connectivity index (χ2n) is 4.95. The molecule has 0 unspecified atom stereocenters. The van der Waals surface area contributed by atoms with Crippen molar-refractivity contribution in [3.05, 3.63) is 29.3 Å². The topological polar surface area (TPSA) is 54.9 Å². The highest BCUT2D eigenvalue weighted by Gasteiger charge is 2.08. The van der Waals surface area contributed by atoms with Crippen molar-refractivity contribution in [1.29, 1.82) is 0 Å². The first-order chi connectivity index (χ1) is 12.2. The molecular weight excluding hydrogens is 414 g/mol. The van der Waals surface area contributed by atoms with Crippen LogP contribution in [0.4, 0.5) is 0 Å². The first kappa shape index (κ1) is 20.9. The van der Waals surface area contributed by atoms with Gasteiger partial charge in [-0.1, -0.05) is 65.5 Å². The van der Waals surface area contributed by atoms with Crippen LogP contribution in [-0.2, 0) is 4.79 Å². The Balaban J connectivity index is 1.61. The van der Waals surface area contributed by atoms with E-state index < -0.39 is 0 Å². The maximum atomic E-state index is 11.6. The van der Waals surface area contributed by atoms with Crippen LogP contribution in [0.2, 0.25) is 5.02 Å². The predicted molar refractivity (Wildman–Crippen MR) is 111 cm³/mol. The van der Waals surface area contributed by atoms with E-state index in [0.29, 0.717) is 5.75 Å². The molecule has 0 atom stereocenters. The van der Waals surface area contributed by atoms with Crippen LogP contribution < -0.4 is 5.32 Å². The van der Waals surface area contributed by atoms with Gasteiger partial charge in [0, 0.05) is 17.2 Å². The Morgan fingerprint density at radius 1 is 1.16 bits per heavy atom. The molecule has 4 nitrogen and oxygen atoms in total. The monoisotopic (exact) mass is 433 g/mol. The number of aromatic nitrogens is 2. The van der Waals surface area contributed by atoms with Crippen LogP contribution in [0.3, 0.4) is 0 Å². The lowest BCUT2D eigenvalue weighted by Crippen LogP contribution is -2.25. The maximum absolute atomic E-state index is 11.6. The number of carbonyl (C=O) groups is 1. The first-order valence-corrected chi connectivity index (χ1v) is 12.1. The molecule has 1 N–H and O–H groups in total. The molecule has 0 radical (unpaired) electrons. The molecule has 0 saturated carbocycles. The summed E-state index contributed by atoms with van der Waals surface area (Å²) >= 11 is 12.6. The minimum atomic E-state index is 0.0489. The molecular formula is C16H20ClN3OS4. The average Bonchev–Trinajstić information content (AvgIpc) is 3.07. The molecule has 25 heavy (non-hydrogen) atoms. The zero-order chi connectivity index (χ0) is 17.9. The summed E-state index contributed by atoms with van der Waals surface area (Å²) in [6.07, 6.45) is 2.02. The van der Waals surface area contributed by atoms with Gasteiger partial charge in [-0.2, -0.15) is 0 Å². The summed E-state index contributed by atoms with van der Waals surface area (Å²) in [5, 5.41) is 12.0. The second kappa shape index (κ2) is 12.1. The number of amides is 1. The molecule has 2 rings (SSSR count). The van der Waals surface area contributed by atoms with Crippen molar-refractivity contribution >= 4 is 64.1 Å². The van der Waals surface area contributed by atoms with E-state index in [1.165, 1.54) is 11.8 Å². The molecule has 0 fully saturated rings. The molecule has 0 aliphatic heterocycles. The minimum absolute atomic E-state index is 0.0489. The molecule has 9 heteroatoms. The number of halogens is 1. The summed E-state index contributed by atoms with van der Waals surface area (Å²) in [6, 6.07) is 7.92. The van der Waals surface area contributed by atoms with Crippen molar-refractivity contribution < 1.29 is 4.79 Å². The molecule has 2 aromatic rings. The van der Waals surface area contributed by atoms with Gasteiger partial charge in [0.05, 0.1) is 10.8 Å². The third-order valence-corrected chi connectivity index (χ3v) is 7.77. The van der Waals surface area contributed by atoms with Gasteiger partial charge in [-0.3, -0.25) is 4.79 Å². The third-order valence-electron chi connectivity index (χ3n) is 2.90. The van der Waals surface area contributed by atoms with Crippen molar-refractivity contribution in [2.24, 2.45) is 0 Å². The normalized spacial score (nSPS) is 10.8. The zero-order valence-corrected chi connectivity index (χ0v) is 17.9. The van der Waals surface area contributed by atoms with Crippen molar-refractivity contribution in [1.82, 2.24) is 15.5 Å². The lowest BCUT2D eigenvalue weighted by atomic mass is 10.4. The van der Waals surface area contributed by atoms with Crippen LogP contribution in [0, 0.1) is 0 Å². The number of benzene rings is 1. The van der Waals surface area contributed by atoms with E-state index >= 15 is 0 Å². The molecule has 1 heterocycles. The third kappa shape index (κ3) is 8.21. The van der Waals surface area contributed by atoms with Crippen molar-refractivity contribution in [2.75, 3.05) is 23.8 Å². The highest BCUT2D eigenvalue weighted by Crippen LogP contribution is 2.30. The van der Waals surface area contributed by atoms with Crippen LogP contribution in [0.25, 0.3) is 0 Å². The van der Waals surface area contributed by atoms with Gasteiger partial charge in [-0.05, 0) is 30.7 Å². The number of rotatable bonds is 11. The van der Waals surface area contributed by atoms with E-state index in [2.05, 4.69) is 15.5 Å². The number of nitrogens with one attached hydrogen (secondary N) is 1. The Morgan fingerprint density at radius 2 is 1.88 bits per heavy atom. The number of thioether (sulfide) groups is 3. The van der Waals surface area contributed by atoms with Gasteiger partial charge in [0.25, 0.3) is 0 Å². The maximum Gasteiger partial charge on any atom is 0.230 e. The Hall–Kier alpha value is -0.410. The average molecular weight is 434 g/mol. The van der Waals surface area contributed by atoms with Crippen LogP contribution in [0.15, 0.2) is 37.8 Å². The molecule has 0 aliphatic rings. The van der Waals surface area contributed by atoms with Gasteiger partial charge >= 0.3 is 0 Å². The van der Waals surface area contributed by atoms with Gasteiger partial charge in [0.1, 0.15) is 0 Å². The van der Waals surface area contributed by atoms with Crippen LogP contribution in [0.1, 0.15) is 19.8 Å². The molecule has 0 bridgehead atoms. The van der Waals surface area contributed by atoms with Gasteiger partial charge in [-0.15, -0.1) is 22.0 Å². The highest BCUT2D eigenvalue weighted by molar-refractivity contribution is 8.03. The molecule has 0 aliphatic carbocycles. The molecule has 1 aromatic carbocycles. The lowest BCUT2D eigenvalue weighted by Gasteiger charge is -2.02. The second-order valence-corrected chi connectivity index (χ2v) is 10.0. The van der Waals surface area contributed by atoms with E-state index in [0.717, 1.165) is 49.5 Å². The van der Waals surface area contributed by atoms with E-state index in [-0.39, 0.29) is 5.91 Å². The van der Waals surface area contributed by atoms with E-state index in [9.17, 15) is 4.79 Å². The molecule has 1 amide bonds. The fraction of sp³-hybridized carbons (Fsp3) is 0.438. The van der Waals surface area contributed by atoms with Gasteiger partial charge in [0.15, 0.2) is 8.68 Å². The molecule has 1 aromatic heterocycles. The smallest absolute Gasteiger partial charge is 0.230 e. The minimum Gasteiger partial charge on any atom is -0.355 e. The van der Waals surface area contributed by atoms with E-state index in [4.69, 9.17) is 11.6 Å². The predicted octanol–water partition coefficient (Wildman–Crippen LogP) is 5.08. The van der Waals surface area contributed by atoms with E-state index in [1.807, 2.05) is 31.2 Å². The Bertz CT molecular complexity index is 668. The van der Waals surface area contributed by atoms with Crippen LogP contribution >= 0.6 is 58.2 Å². The Labute approximate surface area is 170 Å². The van der Waals surface area contributed by atoms with Crippen molar-refractivity contribution in [3.63, 3.8) is 0 Å². The fourth-order valence-corrected chi connectivity index (χ4v) is 5.95.